The first-order valence-electron chi connectivity index (χ1n) is 5.84. The Labute approximate surface area is 114 Å². The van der Waals surface area contributed by atoms with Gasteiger partial charge in [-0.3, -0.25) is 24.3 Å². The number of amides is 1. The highest BCUT2D eigenvalue weighted by Gasteiger charge is 2.24. The van der Waals surface area contributed by atoms with Crippen molar-refractivity contribution in [3.8, 4) is 0 Å². The lowest BCUT2D eigenvalue weighted by atomic mass is 10.2. The van der Waals surface area contributed by atoms with Gasteiger partial charge in [0, 0.05) is 32.4 Å². The summed E-state index contributed by atoms with van der Waals surface area (Å²) in [5, 5.41) is 21.4. The van der Waals surface area contributed by atoms with Crippen LogP contribution in [0.3, 0.4) is 0 Å². The van der Waals surface area contributed by atoms with Gasteiger partial charge in [0.15, 0.2) is 0 Å². The lowest BCUT2D eigenvalue weighted by Crippen LogP contribution is -2.24. The van der Waals surface area contributed by atoms with E-state index in [0.29, 0.717) is 0 Å². The molecular weight excluding hydrogens is 264 g/mol. The number of nitro groups is 1. The van der Waals surface area contributed by atoms with Gasteiger partial charge in [0.05, 0.1) is 10.6 Å². The average Bonchev–Trinajstić information content (AvgIpc) is 2.89. The number of carbonyl (C=O) groups excluding carboxylic acids is 1. The third kappa shape index (κ3) is 2.66. The summed E-state index contributed by atoms with van der Waals surface area (Å²) in [5.41, 5.74) is 1.13. The first-order chi connectivity index (χ1) is 9.38. The van der Waals surface area contributed by atoms with E-state index >= 15 is 0 Å². The smallest absolute Gasteiger partial charge is 0.320 e. The number of nitrogens with one attached hydrogen (secondary N) is 1. The second kappa shape index (κ2) is 5.11. The summed E-state index contributed by atoms with van der Waals surface area (Å²) in [6.07, 6.45) is 2.98. The molecule has 1 N–H and O–H groups in total. The molecule has 0 fully saturated rings. The molecule has 0 unspecified atom stereocenters. The number of rotatable bonds is 4. The molecule has 0 aromatic carbocycles. The summed E-state index contributed by atoms with van der Waals surface area (Å²) >= 11 is 0. The monoisotopic (exact) mass is 278 g/mol. The molecule has 2 heterocycles. The second-order valence-corrected chi connectivity index (χ2v) is 4.39. The van der Waals surface area contributed by atoms with Gasteiger partial charge in [-0.1, -0.05) is 0 Å². The Hall–Kier alpha value is -2.71. The van der Waals surface area contributed by atoms with Gasteiger partial charge < -0.3 is 5.32 Å². The topological polar surface area (TPSA) is 108 Å². The lowest BCUT2D eigenvalue weighted by Gasteiger charge is -2.01. The van der Waals surface area contributed by atoms with Gasteiger partial charge in [-0.25, -0.2) is 0 Å². The molecule has 0 bridgehead atoms. The zero-order valence-electron chi connectivity index (χ0n) is 11.3. The highest BCUT2D eigenvalue weighted by molar-refractivity contribution is 5.95. The quantitative estimate of drug-likeness (QED) is 0.639. The van der Waals surface area contributed by atoms with Gasteiger partial charge >= 0.3 is 5.69 Å². The maximum atomic E-state index is 12.0. The summed E-state index contributed by atoms with van der Waals surface area (Å²) in [5.74, 6) is -0.583. The fraction of sp³-hybridized carbons (Fsp3) is 0.364. The maximum Gasteiger partial charge on any atom is 0.320 e. The Bertz CT molecular complexity index is 672. The molecule has 0 aliphatic rings. The highest BCUT2D eigenvalue weighted by atomic mass is 16.6. The maximum absolute atomic E-state index is 12.0. The number of nitrogens with zero attached hydrogens (tertiary/aromatic N) is 5. The molecule has 20 heavy (non-hydrogen) atoms. The van der Waals surface area contributed by atoms with Crippen LogP contribution in [0.25, 0.3) is 0 Å². The van der Waals surface area contributed by atoms with Crippen LogP contribution in [-0.4, -0.2) is 30.4 Å². The molecule has 0 aliphatic heterocycles. The van der Waals surface area contributed by atoms with Crippen LogP contribution in [0.2, 0.25) is 0 Å². The minimum absolute atomic E-state index is 0.195. The number of aryl methyl sites for hydroxylation is 3. The molecule has 0 saturated carbocycles. The fourth-order valence-corrected chi connectivity index (χ4v) is 1.85. The molecule has 2 aromatic rings. The van der Waals surface area contributed by atoms with E-state index in [0.717, 1.165) is 11.3 Å². The minimum Gasteiger partial charge on any atom is -0.346 e. The minimum atomic E-state index is -0.628. The van der Waals surface area contributed by atoms with Gasteiger partial charge in [-0.05, 0) is 6.92 Å². The van der Waals surface area contributed by atoms with E-state index in [9.17, 15) is 14.9 Å². The van der Waals surface area contributed by atoms with Crippen LogP contribution in [0.4, 0.5) is 5.69 Å². The molecule has 1 amide bonds. The Morgan fingerprint density at radius 1 is 1.35 bits per heavy atom. The van der Waals surface area contributed by atoms with E-state index in [-0.39, 0.29) is 17.9 Å². The van der Waals surface area contributed by atoms with Crippen LogP contribution in [0.1, 0.15) is 21.7 Å². The first-order valence-corrected chi connectivity index (χ1v) is 5.84. The van der Waals surface area contributed by atoms with Crippen molar-refractivity contribution in [3.63, 3.8) is 0 Å². The SMILES string of the molecule is Cc1nn(C)cc1CNC(=O)c1nn(C)cc1[N+](=O)[O-]. The van der Waals surface area contributed by atoms with E-state index in [4.69, 9.17) is 0 Å². The van der Waals surface area contributed by atoms with Gasteiger partial charge in [-0.15, -0.1) is 0 Å². The number of carbonyl (C=O) groups is 1. The second-order valence-electron chi connectivity index (χ2n) is 4.39. The van der Waals surface area contributed by atoms with Crippen molar-refractivity contribution in [3.05, 3.63) is 39.5 Å². The summed E-state index contributed by atoms with van der Waals surface area (Å²) < 4.78 is 2.88. The molecular formula is C11H14N6O3. The van der Waals surface area contributed by atoms with E-state index < -0.39 is 10.8 Å². The molecule has 2 rings (SSSR count). The first kappa shape index (κ1) is 13.7. The Morgan fingerprint density at radius 3 is 2.55 bits per heavy atom. The van der Waals surface area contributed by atoms with Gasteiger partial charge in [0.1, 0.15) is 6.20 Å². The van der Waals surface area contributed by atoms with Crippen molar-refractivity contribution < 1.29 is 9.72 Å². The van der Waals surface area contributed by atoms with Crippen molar-refractivity contribution in [2.75, 3.05) is 0 Å². The molecule has 0 atom stereocenters. The zero-order valence-corrected chi connectivity index (χ0v) is 11.3. The van der Waals surface area contributed by atoms with Crippen LogP contribution in [0.5, 0.6) is 0 Å². The molecule has 106 valence electrons. The van der Waals surface area contributed by atoms with Crippen LogP contribution in [-0.2, 0) is 20.6 Å². The van der Waals surface area contributed by atoms with E-state index in [2.05, 4.69) is 15.5 Å². The van der Waals surface area contributed by atoms with Crippen LogP contribution >= 0.6 is 0 Å². The van der Waals surface area contributed by atoms with Crippen molar-refractivity contribution in [1.29, 1.82) is 0 Å². The average molecular weight is 278 g/mol. The summed E-state index contributed by atoms with van der Waals surface area (Å²) in [4.78, 5) is 22.2. The predicted octanol–water partition coefficient (Wildman–Crippen LogP) is 0.300. The number of hydrogen-bond donors (Lipinski definition) is 1. The normalized spacial score (nSPS) is 10.6. The van der Waals surface area contributed by atoms with E-state index in [1.807, 2.05) is 6.92 Å². The molecule has 9 nitrogen and oxygen atoms in total. The number of hydrogen-bond acceptors (Lipinski definition) is 5. The van der Waals surface area contributed by atoms with E-state index in [1.54, 1.807) is 17.9 Å². The fourth-order valence-electron chi connectivity index (χ4n) is 1.85. The van der Waals surface area contributed by atoms with Crippen LogP contribution < -0.4 is 5.32 Å². The van der Waals surface area contributed by atoms with Crippen molar-refractivity contribution >= 4 is 11.6 Å². The van der Waals surface area contributed by atoms with Gasteiger partial charge in [0.25, 0.3) is 5.91 Å². The molecule has 0 spiro atoms. The third-order valence-electron chi connectivity index (χ3n) is 2.78. The highest BCUT2D eigenvalue weighted by Crippen LogP contribution is 2.16. The Morgan fingerprint density at radius 2 is 2.00 bits per heavy atom. The standard InChI is InChI=1S/C11H14N6O3/c1-7-8(5-15(2)13-7)4-12-11(18)10-9(17(19)20)6-16(3)14-10/h5-6H,4H2,1-3H3,(H,12,18). The van der Waals surface area contributed by atoms with Crippen LogP contribution in [0, 0.1) is 17.0 Å². The Balaban J connectivity index is 2.13. The lowest BCUT2D eigenvalue weighted by molar-refractivity contribution is -0.385. The van der Waals surface area contributed by atoms with Crippen molar-refractivity contribution in [2.24, 2.45) is 14.1 Å². The third-order valence-corrected chi connectivity index (χ3v) is 2.78. The van der Waals surface area contributed by atoms with Crippen LogP contribution in [0.15, 0.2) is 12.4 Å². The molecule has 2 aromatic heterocycles. The predicted molar refractivity (Wildman–Crippen MR) is 69.0 cm³/mol. The van der Waals surface area contributed by atoms with Crippen molar-refractivity contribution in [2.45, 2.75) is 13.5 Å². The van der Waals surface area contributed by atoms with E-state index in [1.165, 1.54) is 17.9 Å². The van der Waals surface area contributed by atoms with Gasteiger partial charge in [-0.2, -0.15) is 10.2 Å². The van der Waals surface area contributed by atoms with Crippen molar-refractivity contribution in [1.82, 2.24) is 24.9 Å². The molecule has 0 saturated heterocycles. The molecule has 9 heteroatoms. The summed E-state index contributed by atoms with van der Waals surface area (Å²) in [6, 6.07) is 0. The van der Waals surface area contributed by atoms with Gasteiger partial charge in [0.2, 0.25) is 5.69 Å². The summed E-state index contributed by atoms with van der Waals surface area (Å²) in [7, 11) is 3.30. The molecule has 0 aliphatic carbocycles. The zero-order chi connectivity index (χ0) is 14.9. The number of aromatic nitrogens is 4. The summed E-state index contributed by atoms with van der Waals surface area (Å²) in [6.45, 7) is 2.07. The Kier molecular flexibility index (Phi) is 3.51. The largest absolute Gasteiger partial charge is 0.346 e. The molecule has 0 radical (unpaired) electrons.